The fourth-order valence-electron chi connectivity index (χ4n) is 3.31. The summed E-state index contributed by atoms with van der Waals surface area (Å²) in [6.45, 7) is 6.66. The number of hydrogen-bond acceptors (Lipinski definition) is 3. The van der Waals surface area contributed by atoms with Gasteiger partial charge in [-0.15, -0.1) is 0 Å². The molecule has 1 heterocycles. The quantitative estimate of drug-likeness (QED) is 0.680. The molecule has 4 heteroatoms. The lowest BCUT2D eigenvalue weighted by Crippen LogP contribution is -2.23. The van der Waals surface area contributed by atoms with E-state index in [1.54, 1.807) is 0 Å². The molecule has 0 aliphatic carbocycles. The van der Waals surface area contributed by atoms with Gasteiger partial charge < -0.3 is 10.1 Å². The van der Waals surface area contributed by atoms with Crippen molar-refractivity contribution in [1.82, 2.24) is 10.2 Å². The molecule has 0 radical (unpaired) electrons. The van der Waals surface area contributed by atoms with Crippen molar-refractivity contribution in [1.29, 1.82) is 0 Å². The molecule has 0 bridgehead atoms. The average molecular weight is 367 g/mol. The number of carbonyl (C=O) groups excluding carboxylic acids is 1. The Morgan fingerprint density at radius 2 is 1.67 bits per heavy atom. The van der Waals surface area contributed by atoms with Crippen LogP contribution in [0, 0.1) is 6.92 Å². The van der Waals surface area contributed by atoms with Crippen LogP contribution in [0.4, 0.5) is 0 Å². The Hall–Kier alpha value is -2.33. The molecule has 0 aromatic heterocycles. The maximum Gasteiger partial charge on any atom is 0.220 e. The van der Waals surface area contributed by atoms with Crippen LogP contribution in [0.15, 0.2) is 48.5 Å². The van der Waals surface area contributed by atoms with Crippen LogP contribution in [-0.4, -0.2) is 30.5 Å². The van der Waals surface area contributed by atoms with Gasteiger partial charge in [0.05, 0.1) is 6.61 Å². The van der Waals surface area contributed by atoms with E-state index >= 15 is 0 Å². The van der Waals surface area contributed by atoms with Gasteiger partial charge in [-0.25, -0.2) is 0 Å². The van der Waals surface area contributed by atoms with Gasteiger partial charge in [-0.1, -0.05) is 42.0 Å². The molecule has 3 rings (SSSR count). The monoisotopic (exact) mass is 366 g/mol. The van der Waals surface area contributed by atoms with E-state index in [4.69, 9.17) is 4.74 Å². The summed E-state index contributed by atoms with van der Waals surface area (Å²) in [7, 11) is 0. The molecule has 2 aromatic rings. The topological polar surface area (TPSA) is 41.6 Å². The Morgan fingerprint density at radius 3 is 2.37 bits per heavy atom. The molecule has 1 N–H and O–H groups in total. The number of carbonyl (C=O) groups is 1. The number of aryl methyl sites for hydroxylation is 1. The van der Waals surface area contributed by atoms with E-state index in [-0.39, 0.29) is 5.91 Å². The molecule has 0 spiro atoms. The van der Waals surface area contributed by atoms with Crippen molar-refractivity contribution in [3.8, 4) is 5.75 Å². The highest BCUT2D eigenvalue weighted by atomic mass is 16.5. The zero-order chi connectivity index (χ0) is 18.9. The summed E-state index contributed by atoms with van der Waals surface area (Å²) in [6.07, 6.45) is 3.84. The number of nitrogens with zero attached hydrogens (tertiary/aromatic N) is 1. The van der Waals surface area contributed by atoms with Crippen LogP contribution in [0.5, 0.6) is 5.75 Å². The minimum atomic E-state index is 0.0728. The number of amides is 1. The van der Waals surface area contributed by atoms with Crippen molar-refractivity contribution < 1.29 is 9.53 Å². The molecule has 4 nitrogen and oxygen atoms in total. The van der Waals surface area contributed by atoms with Gasteiger partial charge in [0.1, 0.15) is 5.75 Å². The Labute approximate surface area is 162 Å². The van der Waals surface area contributed by atoms with Crippen LogP contribution < -0.4 is 10.1 Å². The summed E-state index contributed by atoms with van der Waals surface area (Å²) in [5.41, 5.74) is 3.70. The first-order valence-electron chi connectivity index (χ1n) is 9.95. The molecule has 27 heavy (non-hydrogen) atoms. The highest BCUT2D eigenvalue weighted by Crippen LogP contribution is 2.14. The largest absolute Gasteiger partial charge is 0.494 e. The van der Waals surface area contributed by atoms with Crippen LogP contribution >= 0.6 is 0 Å². The van der Waals surface area contributed by atoms with Crippen molar-refractivity contribution >= 4 is 5.91 Å². The molecule has 2 aromatic carbocycles. The fraction of sp³-hybridized carbons (Fsp3) is 0.435. The first-order valence-corrected chi connectivity index (χ1v) is 9.95. The van der Waals surface area contributed by atoms with E-state index in [0.29, 0.717) is 26.0 Å². The van der Waals surface area contributed by atoms with Gasteiger partial charge in [-0.05, 0) is 62.5 Å². The molecule has 144 valence electrons. The molecule has 1 amide bonds. The maximum atomic E-state index is 12.0. The van der Waals surface area contributed by atoms with E-state index < -0.39 is 0 Å². The van der Waals surface area contributed by atoms with Crippen molar-refractivity contribution in [2.45, 2.75) is 45.7 Å². The second kappa shape index (κ2) is 10.1. The van der Waals surface area contributed by atoms with Gasteiger partial charge in [0, 0.05) is 19.5 Å². The SMILES string of the molecule is Cc1ccc(OCCCC(=O)NCc2ccc(CN3CCCC3)cc2)cc1. The van der Waals surface area contributed by atoms with Crippen molar-refractivity contribution in [2.75, 3.05) is 19.7 Å². The van der Waals surface area contributed by atoms with Gasteiger partial charge >= 0.3 is 0 Å². The summed E-state index contributed by atoms with van der Waals surface area (Å²) in [5, 5.41) is 2.99. The lowest BCUT2D eigenvalue weighted by molar-refractivity contribution is -0.121. The lowest BCUT2D eigenvalue weighted by Gasteiger charge is -2.14. The van der Waals surface area contributed by atoms with Gasteiger partial charge in [0.25, 0.3) is 0 Å². The number of hydrogen-bond donors (Lipinski definition) is 1. The van der Waals surface area contributed by atoms with Crippen LogP contribution in [0.1, 0.15) is 42.4 Å². The Bertz CT molecular complexity index is 704. The van der Waals surface area contributed by atoms with Gasteiger partial charge in [-0.2, -0.15) is 0 Å². The molecule has 0 atom stereocenters. The van der Waals surface area contributed by atoms with Gasteiger partial charge in [-0.3, -0.25) is 9.69 Å². The van der Waals surface area contributed by atoms with E-state index in [2.05, 4.69) is 41.4 Å². The van der Waals surface area contributed by atoms with Crippen molar-refractivity contribution in [2.24, 2.45) is 0 Å². The zero-order valence-corrected chi connectivity index (χ0v) is 16.2. The maximum absolute atomic E-state index is 12.0. The number of nitrogens with one attached hydrogen (secondary N) is 1. The summed E-state index contributed by atoms with van der Waals surface area (Å²) < 4.78 is 5.66. The Morgan fingerprint density at radius 1 is 1.00 bits per heavy atom. The average Bonchev–Trinajstić information content (AvgIpc) is 3.19. The minimum Gasteiger partial charge on any atom is -0.494 e. The second-order valence-electron chi connectivity index (χ2n) is 7.34. The van der Waals surface area contributed by atoms with Gasteiger partial charge in [0.15, 0.2) is 0 Å². The van der Waals surface area contributed by atoms with E-state index in [0.717, 1.165) is 17.9 Å². The zero-order valence-electron chi connectivity index (χ0n) is 16.2. The number of rotatable bonds is 9. The van der Waals surface area contributed by atoms with E-state index in [1.807, 2.05) is 24.3 Å². The normalized spacial score (nSPS) is 14.3. The van der Waals surface area contributed by atoms with Crippen LogP contribution in [0.25, 0.3) is 0 Å². The standard InChI is InChI=1S/C23H30N2O2/c1-19-6-12-22(13-7-19)27-16-4-5-23(26)24-17-20-8-10-21(11-9-20)18-25-14-2-3-15-25/h6-13H,2-5,14-18H2,1H3,(H,24,26). The molecule has 0 saturated carbocycles. The first-order chi connectivity index (χ1) is 13.2. The Balaban J connectivity index is 1.30. The molecule has 0 unspecified atom stereocenters. The van der Waals surface area contributed by atoms with Crippen LogP contribution in [0.3, 0.4) is 0 Å². The van der Waals surface area contributed by atoms with E-state index in [1.165, 1.54) is 37.1 Å². The highest BCUT2D eigenvalue weighted by Gasteiger charge is 2.11. The number of likely N-dealkylation sites (tertiary alicyclic amines) is 1. The molecule has 1 saturated heterocycles. The highest BCUT2D eigenvalue weighted by molar-refractivity contribution is 5.75. The van der Waals surface area contributed by atoms with Crippen molar-refractivity contribution in [3.63, 3.8) is 0 Å². The minimum absolute atomic E-state index is 0.0728. The number of ether oxygens (including phenoxy) is 1. The smallest absolute Gasteiger partial charge is 0.220 e. The summed E-state index contributed by atoms with van der Waals surface area (Å²) >= 11 is 0. The molecule has 1 aliphatic rings. The van der Waals surface area contributed by atoms with Crippen molar-refractivity contribution in [3.05, 3.63) is 65.2 Å². The molecular formula is C23H30N2O2. The predicted molar refractivity (Wildman–Crippen MR) is 109 cm³/mol. The van der Waals surface area contributed by atoms with E-state index in [9.17, 15) is 4.79 Å². The first kappa shape index (κ1) is 19.4. The summed E-state index contributed by atoms with van der Waals surface area (Å²) in [6, 6.07) is 16.6. The third-order valence-corrected chi connectivity index (χ3v) is 4.96. The third-order valence-electron chi connectivity index (χ3n) is 4.96. The van der Waals surface area contributed by atoms with Gasteiger partial charge in [0.2, 0.25) is 5.91 Å². The fourth-order valence-corrected chi connectivity index (χ4v) is 3.31. The summed E-state index contributed by atoms with van der Waals surface area (Å²) in [4.78, 5) is 14.5. The molecular weight excluding hydrogens is 336 g/mol. The second-order valence-corrected chi connectivity index (χ2v) is 7.34. The Kier molecular flexibility index (Phi) is 7.28. The predicted octanol–water partition coefficient (Wildman–Crippen LogP) is 4.07. The van der Waals surface area contributed by atoms with Crippen LogP contribution in [-0.2, 0) is 17.9 Å². The number of benzene rings is 2. The molecule has 1 fully saturated rings. The molecule has 1 aliphatic heterocycles. The lowest BCUT2D eigenvalue weighted by atomic mass is 10.1. The van der Waals surface area contributed by atoms with Crippen LogP contribution in [0.2, 0.25) is 0 Å². The summed E-state index contributed by atoms with van der Waals surface area (Å²) in [5.74, 6) is 0.929. The third kappa shape index (κ3) is 6.72.